The predicted molar refractivity (Wildman–Crippen MR) is 139 cm³/mol. The molecule has 0 heterocycles. The van der Waals surface area contributed by atoms with Crippen LogP contribution in [0.15, 0.2) is 97.1 Å². The van der Waals surface area contributed by atoms with Gasteiger partial charge in [0.25, 0.3) is 5.91 Å². The van der Waals surface area contributed by atoms with Crippen LogP contribution in [0.1, 0.15) is 11.1 Å². The summed E-state index contributed by atoms with van der Waals surface area (Å²) in [6.45, 7) is 0. The number of hydrogen-bond donors (Lipinski definition) is 2. The van der Waals surface area contributed by atoms with Crippen molar-refractivity contribution in [3.05, 3.63) is 128 Å². The smallest absolute Gasteiger partial charge is 0.259 e. The Kier molecular flexibility index (Phi) is 7.16. The Labute approximate surface area is 212 Å². The third kappa shape index (κ3) is 4.97. The molecule has 2 N–H and O–H groups in total. The molecule has 0 bridgehead atoms. The molecule has 0 unspecified atom stereocenters. The Morgan fingerprint density at radius 2 is 1.06 bits per heavy atom. The van der Waals surface area contributed by atoms with Crippen LogP contribution in [0.2, 0.25) is 20.1 Å². The lowest BCUT2D eigenvalue weighted by molar-refractivity contribution is -0.119. The first-order chi connectivity index (χ1) is 15.9. The van der Waals surface area contributed by atoms with E-state index < -0.39 is 5.54 Å². The monoisotopic (exact) mass is 514 g/mol. The number of carbonyl (C=O) groups excluding carboxylic acids is 1. The number of nitrogens with one attached hydrogen (secondary N) is 2. The molecule has 0 saturated carbocycles. The second-order valence-corrected chi connectivity index (χ2v) is 9.00. The quantitative estimate of drug-likeness (QED) is 0.271. The van der Waals surface area contributed by atoms with E-state index in [1.165, 1.54) is 0 Å². The molecule has 0 fully saturated rings. The van der Waals surface area contributed by atoms with E-state index in [0.29, 0.717) is 42.6 Å². The molecule has 0 aliphatic rings. The summed E-state index contributed by atoms with van der Waals surface area (Å²) < 4.78 is 0. The van der Waals surface area contributed by atoms with Gasteiger partial charge in [-0.15, -0.1) is 0 Å². The number of halogens is 4. The molecule has 4 aromatic carbocycles. The number of amides is 1. The van der Waals surface area contributed by atoms with Crippen molar-refractivity contribution < 1.29 is 4.79 Å². The summed E-state index contributed by atoms with van der Waals surface area (Å²) in [5.41, 5.74) is 0.919. The highest BCUT2D eigenvalue weighted by molar-refractivity contribution is 6.36. The summed E-state index contributed by atoms with van der Waals surface area (Å²) in [6.07, 6.45) is 0. The minimum Gasteiger partial charge on any atom is -0.363 e. The first-order valence-electron chi connectivity index (χ1n) is 10.0. The Morgan fingerprint density at radius 1 is 0.606 bits per heavy atom. The molecule has 1 amide bonds. The van der Waals surface area contributed by atoms with Crippen molar-refractivity contribution in [2.24, 2.45) is 0 Å². The summed E-state index contributed by atoms with van der Waals surface area (Å²) in [5, 5.41) is 8.05. The lowest BCUT2D eigenvalue weighted by Gasteiger charge is -2.36. The van der Waals surface area contributed by atoms with Crippen molar-refractivity contribution in [1.82, 2.24) is 0 Å². The number of anilines is 2. The molecule has 0 atom stereocenters. The first kappa shape index (κ1) is 23.5. The van der Waals surface area contributed by atoms with E-state index >= 15 is 0 Å². The van der Waals surface area contributed by atoms with E-state index in [1.807, 2.05) is 60.7 Å². The fourth-order valence-corrected chi connectivity index (χ4v) is 4.28. The highest BCUT2D eigenvalue weighted by Crippen LogP contribution is 2.39. The third-order valence-corrected chi connectivity index (χ3v) is 6.31. The zero-order chi connectivity index (χ0) is 23.4. The van der Waals surface area contributed by atoms with Gasteiger partial charge in [0.2, 0.25) is 0 Å². The molecule has 3 nitrogen and oxygen atoms in total. The van der Waals surface area contributed by atoms with Gasteiger partial charge in [0.05, 0.1) is 21.4 Å². The van der Waals surface area contributed by atoms with E-state index in [-0.39, 0.29) is 5.91 Å². The lowest BCUT2D eigenvalue weighted by Crippen LogP contribution is -2.48. The second-order valence-electron chi connectivity index (χ2n) is 7.31. The van der Waals surface area contributed by atoms with Crippen LogP contribution < -0.4 is 10.6 Å². The third-order valence-electron chi connectivity index (χ3n) is 5.18. The predicted octanol–water partition coefficient (Wildman–Crippen LogP) is 8.29. The number of benzene rings is 4. The molecule has 0 aliphatic carbocycles. The maximum atomic E-state index is 14.1. The van der Waals surface area contributed by atoms with Gasteiger partial charge in [-0.1, -0.05) is 107 Å². The van der Waals surface area contributed by atoms with E-state index in [4.69, 9.17) is 46.4 Å². The van der Waals surface area contributed by atoms with Gasteiger partial charge in [0, 0.05) is 10.0 Å². The van der Waals surface area contributed by atoms with Crippen LogP contribution in [-0.2, 0) is 10.3 Å². The van der Waals surface area contributed by atoms with Crippen LogP contribution in [0.4, 0.5) is 11.4 Å². The summed E-state index contributed by atoms with van der Waals surface area (Å²) in [6, 6.07) is 28.7. The Balaban J connectivity index is 1.94. The summed E-state index contributed by atoms with van der Waals surface area (Å²) in [4.78, 5) is 14.1. The molecule has 0 spiro atoms. The van der Waals surface area contributed by atoms with E-state index in [2.05, 4.69) is 10.6 Å². The highest BCUT2D eigenvalue weighted by atomic mass is 35.5. The molecule has 4 aromatic rings. The zero-order valence-corrected chi connectivity index (χ0v) is 20.2. The molecule has 0 aromatic heterocycles. The SMILES string of the molecule is O=C(Nc1cc(Cl)ccc1Cl)C(Nc1cc(Cl)ccc1Cl)(c1ccccc1)c1ccccc1. The molecule has 4 rings (SSSR count). The van der Waals surface area contributed by atoms with Crippen LogP contribution in [0.25, 0.3) is 0 Å². The van der Waals surface area contributed by atoms with Crippen molar-refractivity contribution in [3.8, 4) is 0 Å². The fraction of sp³-hybridized carbons (Fsp3) is 0.0385. The van der Waals surface area contributed by atoms with Crippen LogP contribution in [0.5, 0.6) is 0 Å². The van der Waals surface area contributed by atoms with Crippen molar-refractivity contribution in [2.75, 3.05) is 10.6 Å². The Morgan fingerprint density at radius 3 is 1.58 bits per heavy atom. The highest BCUT2D eigenvalue weighted by Gasteiger charge is 2.43. The van der Waals surface area contributed by atoms with E-state index in [0.717, 1.165) is 0 Å². The van der Waals surface area contributed by atoms with Gasteiger partial charge < -0.3 is 10.6 Å². The Bertz CT molecular complexity index is 1240. The number of hydrogen-bond acceptors (Lipinski definition) is 2. The van der Waals surface area contributed by atoms with Crippen molar-refractivity contribution in [2.45, 2.75) is 5.54 Å². The van der Waals surface area contributed by atoms with Gasteiger partial charge in [0.15, 0.2) is 5.54 Å². The second kappa shape index (κ2) is 10.1. The van der Waals surface area contributed by atoms with Gasteiger partial charge in [-0.25, -0.2) is 0 Å². The van der Waals surface area contributed by atoms with E-state index in [1.54, 1.807) is 36.4 Å². The number of rotatable bonds is 6. The molecular formula is C26H18Cl4N2O. The summed E-state index contributed by atoms with van der Waals surface area (Å²) in [7, 11) is 0. The molecule has 166 valence electrons. The number of carbonyl (C=O) groups is 1. The largest absolute Gasteiger partial charge is 0.363 e. The van der Waals surface area contributed by atoms with Gasteiger partial charge in [0.1, 0.15) is 0 Å². The normalized spacial score (nSPS) is 11.2. The fourth-order valence-electron chi connectivity index (χ4n) is 3.61. The lowest BCUT2D eigenvalue weighted by atomic mass is 9.81. The van der Waals surface area contributed by atoms with Crippen LogP contribution in [0, 0.1) is 0 Å². The Hall–Kier alpha value is -2.69. The maximum absolute atomic E-state index is 14.1. The molecular weight excluding hydrogens is 498 g/mol. The van der Waals surface area contributed by atoms with E-state index in [9.17, 15) is 4.79 Å². The average Bonchev–Trinajstić information content (AvgIpc) is 2.83. The maximum Gasteiger partial charge on any atom is 0.259 e. The summed E-state index contributed by atoms with van der Waals surface area (Å²) in [5.74, 6) is -0.375. The minimum absolute atomic E-state index is 0.364. The average molecular weight is 516 g/mol. The molecule has 7 heteroatoms. The summed E-state index contributed by atoms with van der Waals surface area (Å²) >= 11 is 25.3. The van der Waals surface area contributed by atoms with Gasteiger partial charge in [-0.2, -0.15) is 0 Å². The van der Waals surface area contributed by atoms with Crippen molar-refractivity contribution in [1.29, 1.82) is 0 Å². The van der Waals surface area contributed by atoms with Crippen molar-refractivity contribution >= 4 is 63.7 Å². The van der Waals surface area contributed by atoms with Crippen LogP contribution >= 0.6 is 46.4 Å². The molecule has 0 saturated heterocycles. The van der Waals surface area contributed by atoms with Crippen LogP contribution in [0.3, 0.4) is 0 Å². The minimum atomic E-state index is -1.37. The van der Waals surface area contributed by atoms with Crippen molar-refractivity contribution in [3.63, 3.8) is 0 Å². The molecule has 0 aliphatic heterocycles. The molecule has 0 radical (unpaired) electrons. The van der Waals surface area contributed by atoms with Gasteiger partial charge in [-0.3, -0.25) is 4.79 Å². The molecule has 33 heavy (non-hydrogen) atoms. The van der Waals surface area contributed by atoms with Gasteiger partial charge >= 0.3 is 0 Å². The standard InChI is InChI=1S/C26H18Cl4N2O/c27-19-11-13-21(29)23(15-19)31-25(33)26(17-7-3-1-4-8-17,18-9-5-2-6-10-18)32-24-16-20(28)12-14-22(24)30/h1-16,32H,(H,31,33). The topological polar surface area (TPSA) is 41.1 Å². The first-order valence-corrected chi connectivity index (χ1v) is 11.5. The van der Waals surface area contributed by atoms with Gasteiger partial charge in [-0.05, 0) is 47.5 Å². The van der Waals surface area contributed by atoms with Crippen LogP contribution in [-0.4, -0.2) is 5.91 Å². The zero-order valence-electron chi connectivity index (χ0n) is 17.2.